The first-order valence-corrected chi connectivity index (χ1v) is 5.32. The van der Waals surface area contributed by atoms with Gasteiger partial charge in [-0.1, -0.05) is 30.3 Å². The van der Waals surface area contributed by atoms with Crippen LogP contribution >= 0.6 is 0 Å². The fourth-order valence-electron chi connectivity index (χ4n) is 2.06. The number of rotatable bonds is 1. The van der Waals surface area contributed by atoms with Crippen molar-refractivity contribution in [3.05, 3.63) is 54.9 Å². The van der Waals surface area contributed by atoms with Crippen LogP contribution in [-0.4, -0.2) is 9.55 Å². The first kappa shape index (κ1) is 9.16. The van der Waals surface area contributed by atoms with E-state index in [9.17, 15) is 0 Å². The molecule has 0 amide bonds. The lowest BCUT2D eigenvalue weighted by atomic mass is 10.1. The summed E-state index contributed by atoms with van der Waals surface area (Å²) in [5, 5.41) is 1.20. The molecule has 0 N–H and O–H groups in total. The summed E-state index contributed by atoms with van der Waals surface area (Å²) in [6, 6.07) is 14.5. The highest BCUT2D eigenvalue weighted by atomic mass is 15.0. The molecule has 0 aliphatic rings. The van der Waals surface area contributed by atoms with Gasteiger partial charge in [0.1, 0.15) is 5.65 Å². The van der Waals surface area contributed by atoms with E-state index >= 15 is 0 Å². The third-order valence-corrected chi connectivity index (χ3v) is 2.82. The van der Waals surface area contributed by atoms with Crippen molar-refractivity contribution in [3.63, 3.8) is 0 Å². The number of hydrogen-bond acceptors (Lipinski definition) is 1. The molecule has 2 heteroatoms. The van der Waals surface area contributed by atoms with Gasteiger partial charge in [-0.15, -0.1) is 0 Å². The molecule has 0 aliphatic heterocycles. The Morgan fingerprint density at radius 1 is 1.00 bits per heavy atom. The second kappa shape index (κ2) is 3.49. The Labute approximate surface area is 94.2 Å². The molecule has 0 saturated heterocycles. The number of pyridine rings is 1. The van der Waals surface area contributed by atoms with E-state index in [4.69, 9.17) is 0 Å². The van der Waals surface area contributed by atoms with Crippen LogP contribution < -0.4 is 0 Å². The molecular formula is C14H12N2. The summed E-state index contributed by atoms with van der Waals surface area (Å²) in [6.07, 6.45) is 3.96. The second-order valence-electron chi connectivity index (χ2n) is 3.89. The van der Waals surface area contributed by atoms with Gasteiger partial charge in [-0.2, -0.15) is 0 Å². The number of aryl methyl sites for hydroxylation is 1. The van der Waals surface area contributed by atoms with Crippen molar-refractivity contribution in [1.29, 1.82) is 0 Å². The van der Waals surface area contributed by atoms with Gasteiger partial charge in [0, 0.05) is 30.4 Å². The molecule has 0 bridgehead atoms. The van der Waals surface area contributed by atoms with Crippen LogP contribution in [0.25, 0.3) is 22.2 Å². The molecule has 0 aliphatic carbocycles. The molecule has 0 atom stereocenters. The van der Waals surface area contributed by atoms with E-state index in [1.54, 1.807) is 0 Å². The Balaban J connectivity index is 2.33. The Hall–Kier alpha value is -2.09. The van der Waals surface area contributed by atoms with Crippen molar-refractivity contribution in [3.8, 4) is 11.1 Å². The van der Waals surface area contributed by atoms with Crippen molar-refractivity contribution in [2.24, 2.45) is 7.05 Å². The van der Waals surface area contributed by atoms with Crippen LogP contribution in [0, 0.1) is 0 Å². The van der Waals surface area contributed by atoms with Crippen molar-refractivity contribution in [2.45, 2.75) is 0 Å². The highest BCUT2D eigenvalue weighted by Gasteiger charge is 2.07. The van der Waals surface area contributed by atoms with E-state index in [0.717, 1.165) is 5.65 Å². The van der Waals surface area contributed by atoms with E-state index in [0.29, 0.717) is 0 Å². The van der Waals surface area contributed by atoms with E-state index in [1.165, 1.54) is 16.5 Å². The molecular weight excluding hydrogens is 196 g/mol. The topological polar surface area (TPSA) is 17.8 Å². The zero-order valence-electron chi connectivity index (χ0n) is 9.09. The minimum atomic E-state index is 1.03. The summed E-state index contributed by atoms with van der Waals surface area (Å²) in [5.74, 6) is 0. The predicted molar refractivity (Wildman–Crippen MR) is 66.2 cm³/mol. The standard InChI is InChI=1S/C14H12N2/c1-16-10-13(11-6-3-2-4-7-11)12-8-5-9-15-14(12)16/h2-10H,1H3. The number of fused-ring (bicyclic) bond motifs is 1. The van der Waals surface area contributed by atoms with Crippen LogP contribution in [0.5, 0.6) is 0 Å². The van der Waals surface area contributed by atoms with Gasteiger partial charge in [0.15, 0.2) is 0 Å². The smallest absolute Gasteiger partial charge is 0.140 e. The van der Waals surface area contributed by atoms with E-state index in [2.05, 4.69) is 46.1 Å². The second-order valence-corrected chi connectivity index (χ2v) is 3.89. The molecule has 0 unspecified atom stereocenters. The predicted octanol–water partition coefficient (Wildman–Crippen LogP) is 3.24. The highest BCUT2D eigenvalue weighted by Crippen LogP contribution is 2.28. The van der Waals surface area contributed by atoms with Crippen molar-refractivity contribution >= 4 is 11.0 Å². The largest absolute Gasteiger partial charge is 0.335 e. The van der Waals surface area contributed by atoms with Crippen LogP contribution in [-0.2, 0) is 7.05 Å². The lowest BCUT2D eigenvalue weighted by Gasteiger charge is -1.97. The Kier molecular flexibility index (Phi) is 2.00. The average molecular weight is 208 g/mol. The van der Waals surface area contributed by atoms with Gasteiger partial charge in [-0.05, 0) is 17.7 Å². The molecule has 2 nitrogen and oxygen atoms in total. The molecule has 1 aromatic carbocycles. The quantitative estimate of drug-likeness (QED) is 0.600. The fourth-order valence-corrected chi connectivity index (χ4v) is 2.06. The zero-order valence-corrected chi connectivity index (χ0v) is 9.09. The molecule has 78 valence electrons. The number of nitrogens with zero attached hydrogens (tertiary/aromatic N) is 2. The van der Waals surface area contributed by atoms with E-state index in [1.807, 2.05) is 25.4 Å². The van der Waals surface area contributed by atoms with Crippen LogP contribution in [0.15, 0.2) is 54.9 Å². The maximum Gasteiger partial charge on any atom is 0.140 e. The van der Waals surface area contributed by atoms with Crippen molar-refractivity contribution < 1.29 is 0 Å². The summed E-state index contributed by atoms with van der Waals surface area (Å²) >= 11 is 0. The highest BCUT2D eigenvalue weighted by molar-refractivity contribution is 5.93. The molecule has 3 aromatic rings. The van der Waals surface area contributed by atoms with Crippen LogP contribution in [0.1, 0.15) is 0 Å². The third-order valence-electron chi connectivity index (χ3n) is 2.82. The molecule has 16 heavy (non-hydrogen) atoms. The van der Waals surface area contributed by atoms with Gasteiger partial charge in [-0.3, -0.25) is 0 Å². The van der Waals surface area contributed by atoms with Crippen LogP contribution in [0.3, 0.4) is 0 Å². The lowest BCUT2D eigenvalue weighted by molar-refractivity contribution is 0.949. The van der Waals surface area contributed by atoms with Gasteiger partial charge < -0.3 is 4.57 Å². The van der Waals surface area contributed by atoms with Crippen molar-refractivity contribution in [1.82, 2.24) is 9.55 Å². The summed E-state index contributed by atoms with van der Waals surface area (Å²) in [4.78, 5) is 4.39. The minimum Gasteiger partial charge on any atom is -0.335 e. The Bertz CT molecular complexity index is 624. The zero-order chi connectivity index (χ0) is 11.0. The van der Waals surface area contributed by atoms with Gasteiger partial charge in [0.25, 0.3) is 0 Å². The van der Waals surface area contributed by atoms with Gasteiger partial charge in [0.2, 0.25) is 0 Å². The average Bonchev–Trinajstić information content (AvgIpc) is 2.69. The van der Waals surface area contributed by atoms with E-state index in [-0.39, 0.29) is 0 Å². The molecule has 2 heterocycles. The number of aromatic nitrogens is 2. The van der Waals surface area contributed by atoms with Crippen molar-refractivity contribution in [2.75, 3.05) is 0 Å². The minimum absolute atomic E-state index is 1.03. The number of benzene rings is 1. The summed E-state index contributed by atoms with van der Waals surface area (Å²) in [7, 11) is 2.03. The summed E-state index contributed by atoms with van der Waals surface area (Å²) in [5.41, 5.74) is 3.51. The summed E-state index contributed by atoms with van der Waals surface area (Å²) < 4.78 is 2.07. The first-order valence-electron chi connectivity index (χ1n) is 5.32. The molecule has 0 saturated carbocycles. The summed E-state index contributed by atoms with van der Waals surface area (Å²) in [6.45, 7) is 0. The Morgan fingerprint density at radius 3 is 2.62 bits per heavy atom. The van der Waals surface area contributed by atoms with Crippen LogP contribution in [0.2, 0.25) is 0 Å². The third kappa shape index (κ3) is 1.31. The molecule has 0 fully saturated rings. The van der Waals surface area contributed by atoms with Gasteiger partial charge >= 0.3 is 0 Å². The fraction of sp³-hybridized carbons (Fsp3) is 0.0714. The van der Waals surface area contributed by atoms with E-state index < -0.39 is 0 Å². The molecule has 0 radical (unpaired) electrons. The Morgan fingerprint density at radius 2 is 1.81 bits per heavy atom. The maximum absolute atomic E-state index is 4.39. The SMILES string of the molecule is Cn1cc(-c2ccccc2)c2cccnc21. The molecule has 2 aromatic heterocycles. The molecule has 3 rings (SSSR count). The number of hydrogen-bond donors (Lipinski definition) is 0. The normalized spacial score (nSPS) is 10.8. The molecule has 0 spiro atoms. The van der Waals surface area contributed by atoms with Crippen LogP contribution in [0.4, 0.5) is 0 Å². The van der Waals surface area contributed by atoms with Gasteiger partial charge in [-0.25, -0.2) is 4.98 Å². The maximum atomic E-state index is 4.39. The lowest BCUT2D eigenvalue weighted by Crippen LogP contribution is -1.85. The van der Waals surface area contributed by atoms with Gasteiger partial charge in [0.05, 0.1) is 0 Å². The monoisotopic (exact) mass is 208 g/mol. The first-order chi connectivity index (χ1) is 7.86.